The van der Waals surface area contributed by atoms with Crippen molar-refractivity contribution in [3.05, 3.63) is 35.6 Å². The molecule has 2 rings (SSSR count). The van der Waals surface area contributed by atoms with E-state index in [1.165, 1.54) is 12.1 Å². The van der Waals surface area contributed by atoms with E-state index in [9.17, 15) is 9.18 Å². The second-order valence-corrected chi connectivity index (χ2v) is 7.49. The summed E-state index contributed by atoms with van der Waals surface area (Å²) in [6.45, 7) is 9.90. The molecule has 0 spiro atoms. The SMILES string of the molecule is CC(C)(C)C1NNCC1CNCCNC(=O)Cc1ccc(F)cc1. The Morgan fingerprint density at radius 1 is 1.25 bits per heavy atom. The summed E-state index contributed by atoms with van der Waals surface area (Å²) in [6.07, 6.45) is 0.281. The largest absolute Gasteiger partial charge is 0.355 e. The van der Waals surface area contributed by atoms with Crippen molar-refractivity contribution in [2.24, 2.45) is 11.3 Å². The normalized spacial score (nSPS) is 21.0. The van der Waals surface area contributed by atoms with Crippen molar-refractivity contribution in [3.63, 3.8) is 0 Å². The zero-order valence-corrected chi connectivity index (χ0v) is 14.8. The van der Waals surface area contributed by atoms with Crippen LogP contribution in [-0.4, -0.2) is 38.1 Å². The fraction of sp³-hybridized carbons (Fsp3) is 0.611. The van der Waals surface area contributed by atoms with E-state index in [0.717, 1.165) is 25.2 Å². The molecule has 0 bridgehead atoms. The van der Waals surface area contributed by atoms with Gasteiger partial charge in [-0.2, -0.15) is 0 Å². The zero-order valence-electron chi connectivity index (χ0n) is 14.8. The number of carbonyl (C=O) groups excluding carboxylic acids is 1. The van der Waals surface area contributed by atoms with E-state index >= 15 is 0 Å². The molecule has 2 atom stereocenters. The molecule has 1 saturated heterocycles. The number of hydrogen-bond donors (Lipinski definition) is 4. The molecule has 0 aliphatic carbocycles. The highest BCUT2D eigenvalue weighted by molar-refractivity contribution is 5.78. The first-order valence-electron chi connectivity index (χ1n) is 8.56. The summed E-state index contributed by atoms with van der Waals surface area (Å²) >= 11 is 0. The average molecular weight is 336 g/mol. The van der Waals surface area contributed by atoms with Crippen molar-refractivity contribution in [1.82, 2.24) is 21.5 Å². The van der Waals surface area contributed by atoms with Gasteiger partial charge >= 0.3 is 0 Å². The molecule has 0 saturated carbocycles. The van der Waals surface area contributed by atoms with Crippen LogP contribution in [0.15, 0.2) is 24.3 Å². The third-order valence-electron chi connectivity index (χ3n) is 4.33. The topological polar surface area (TPSA) is 65.2 Å². The fourth-order valence-electron chi connectivity index (χ4n) is 3.08. The van der Waals surface area contributed by atoms with Crippen molar-refractivity contribution < 1.29 is 9.18 Å². The first kappa shape index (κ1) is 18.8. The van der Waals surface area contributed by atoms with Gasteiger partial charge in [-0.05, 0) is 23.1 Å². The van der Waals surface area contributed by atoms with Gasteiger partial charge in [0.25, 0.3) is 0 Å². The lowest BCUT2D eigenvalue weighted by atomic mass is 9.80. The molecule has 1 fully saturated rings. The highest BCUT2D eigenvalue weighted by Gasteiger charge is 2.35. The second-order valence-electron chi connectivity index (χ2n) is 7.49. The minimum absolute atomic E-state index is 0.0415. The molecule has 1 amide bonds. The quantitative estimate of drug-likeness (QED) is 0.565. The molecule has 5 nitrogen and oxygen atoms in total. The third kappa shape index (κ3) is 5.85. The Morgan fingerprint density at radius 2 is 1.96 bits per heavy atom. The third-order valence-corrected chi connectivity index (χ3v) is 4.33. The Hall–Kier alpha value is -1.50. The predicted octanol–water partition coefficient (Wildman–Crippen LogP) is 1.21. The van der Waals surface area contributed by atoms with Gasteiger partial charge in [-0.15, -0.1) is 0 Å². The van der Waals surface area contributed by atoms with Crippen LogP contribution in [0.2, 0.25) is 0 Å². The summed E-state index contributed by atoms with van der Waals surface area (Å²) in [5.41, 5.74) is 7.61. The summed E-state index contributed by atoms with van der Waals surface area (Å²) in [7, 11) is 0. The summed E-state index contributed by atoms with van der Waals surface area (Å²) in [6, 6.07) is 6.46. The van der Waals surface area contributed by atoms with Gasteiger partial charge in [-0.1, -0.05) is 32.9 Å². The molecule has 6 heteroatoms. The summed E-state index contributed by atoms with van der Waals surface area (Å²) in [5, 5.41) is 6.30. The predicted molar refractivity (Wildman–Crippen MR) is 93.9 cm³/mol. The van der Waals surface area contributed by atoms with Gasteiger partial charge in [0.05, 0.1) is 6.42 Å². The first-order chi connectivity index (χ1) is 11.4. The molecule has 0 radical (unpaired) electrons. The van der Waals surface area contributed by atoms with Crippen molar-refractivity contribution in [2.75, 3.05) is 26.2 Å². The van der Waals surface area contributed by atoms with Crippen LogP contribution in [0.3, 0.4) is 0 Å². The van der Waals surface area contributed by atoms with E-state index in [4.69, 9.17) is 0 Å². The molecule has 24 heavy (non-hydrogen) atoms. The van der Waals surface area contributed by atoms with Crippen LogP contribution in [0.1, 0.15) is 26.3 Å². The van der Waals surface area contributed by atoms with E-state index < -0.39 is 0 Å². The minimum Gasteiger partial charge on any atom is -0.355 e. The van der Waals surface area contributed by atoms with E-state index in [2.05, 4.69) is 42.3 Å². The Bertz CT molecular complexity index is 527. The molecule has 1 aliphatic heterocycles. The number of halogens is 1. The number of amides is 1. The molecular weight excluding hydrogens is 307 g/mol. The number of hydrogen-bond acceptors (Lipinski definition) is 4. The van der Waals surface area contributed by atoms with Gasteiger partial charge in [0, 0.05) is 38.1 Å². The molecule has 2 unspecified atom stereocenters. The van der Waals surface area contributed by atoms with Gasteiger partial charge in [0.15, 0.2) is 0 Å². The molecule has 134 valence electrons. The van der Waals surface area contributed by atoms with Crippen molar-refractivity contribution in [2.45, 2.75) is 33.2 Å². The molecule has 1 aromatic rings. The summed E-state index contributed by atoms with van der Waals surface area (Å²) in [4.78, 5) is 11.8. The van der Waals surface area contributed by atoms with Gasteiger partial charge in [-0.25, -0.2) is 4.39 Å². The van der Waals surface area contributed by atoms with Gasteiger partial charge in [-0.3, -0.25) is 15.6 Å². The van der Waals surface area contributed by atoms with Crippen LogP contribution >= 0.6 is 0 Å². The lowest BCUT2D eigenvalue weighted by Crippen LogP contribution is -2.45. The standard InChI is InChI=1S/C18H29FN4O/c1-18(2,3)17-14(12-22-23-17)11-20-8-9-21-16(24)10-13-4-6-15(19)7-5-13/h4-7,14,17,20,22-23H,8-12H2,1-3H3,(H,21,24). The van der Waals surface area contributed by atoms with Gasteiger partial charge < -0.3 is 10.6 Å². The molecule has 1 aromatic carbocycles. The van der Waals surface area contributed by atoms with Crippen molar-refractivity contribution in [3.8, 4) is 0 Å². The Labute approximate surface area is 143 Å². The van der Waals surface area contributed by atoms with E-state index in [-0.39, 0.29) is 23.6 Å². The lowest BCUT2D eigenvalue weighted by Gasteiger charge is -2.31. The number of rotatable bonds is 7. The van der Waals surface area contributed by atoms with Crippen LogP contribution in [0, 0.1) is 17.2 Å². The van der Waals surface area contributed by atoms with Crippen LogP contribution < -0.4 is 21.5 Å². The fourth-order valence-corrected chi connectivity index (χ4v) is 3.08. The summed E-state index contributed by atoms with van der Waals surface area (Å²) in [5.74, 6) is 0.202. The minimum atomic E-state index is -0.284. The van der Waals surface area contributed by atoms with E-state index in [0.29, 0.717) is 18.5 Å². The smallest absolute Gasteiger partial charge is 0.224 e. The number of nitrogens with one attached hydrogen (secondary N) is 4. The Kier molecular flexibility index (Phi) is 6.71. The number of hydrazine groups is 1. The maximum absolute atomic E-state index is 12.8. The number of carbonyl (C=O) groups is 1. The monoisotopic (exact) mass is 336 g/mol. The maximum atomic E-state index is 12.8. The van der Waals surface area contributed by atoms with Gasteiger partial charge in [0.2, 0.25) is 5.91 Å². The molecule has 4 N–H and O–H groups in total. The Balaban J connectivity index is 1.61. The first-order valence-corrected chi connectivity index (χ1v) is 8.56. The maximum Gasteiger partial charge on any atom is 0.224 e. The average Bonchev–Trinajstić information content (AvgIpc) is 2.98. The number of benzene rings is 1. The Morgan fingerprint density at radius 3 is 2.62 bits per heavy atom. The zero-order chi connectivity index (χ0) is 17.6. The van der Waals surface area contributed by atoms with Crippen LogP contribution in [-0.2, 0) is 11.2 Å². The van der Waals surface area contributed by atoms with Crippen molar-refractivity contribution >= 4 is 5.91 Å². The van der Waals surface area contributed by atoms with E-state index in [1.807, 2.05) is 0 Å². The summed E-state index contributed by atoms with van der Waals surface area (Å²) < 4.78 is 12.8. The molecule has 0 aromatic heterocycles. The lowest BCUT2D eigenvalue weighted by molar-refractivity contribution is -0.120. The molecule has 1 heterocycles. The van der Waals surface area contributed by atoms with Crippen LogP contribution in [0.5, 0.6) is 0 Å². The molecule has 1 aliphatic rings. The van der Waals surface area contributed by atoms with Crippen LogP contribution in [0.25, 0.3) is 0 Å². The van der Waals surface area contributed by atoms with E-state index in [1.54, 1.807) is 12.1 Å². The van der Waals surface area contributed by atoms with Crippen molar-refractivity contribution in [1.29, 1.82) is 0 Å². The second kappa shape index (κ2) is 8.55. The van der Waals surface area contributed by atoms with Gasteiger partial charge in [0.1, 0.15) is 5.82 Å². The van der Waals surface area contributed by atoms with Crippen LogP contribution in [0.4, 0.5) is 4.39 Å². The highest BCUT2D eigenvalue weighted by atomic mass is 19.1. The highest BCUT2D eigenvalue weighted by Crippen LogP contribution is 2.26. The molecular formula is C18H29FN4O.